The summed E-state index contributed by atoms with van der Waals surface area (Å²) in [5.74, 6) is 0. The van der Waals surface area contributed by atoms with Crippen molar-refractivity contribution in [2.24, 2.45) is 0 Å². The number of aromatic nitrogens is 2. The molecule has 0 saturated heterocycles. The number of hydrogen-bond donors (Lipinski definition) is 2. The molecule has 0 atom stereocenters. The minimum atomic E-state index is -4.48. The summed E-state index contributed by atoms with van der Waals surface area (Å²) in [4.78, 5) is 12.1. The molecule has 3 aromatic rings. The number of benzene rings is 2. The van der Waals surface area contributed by atoms with Gasteiger partial charge in [0.25, 0.3) is 0 Å². The lowest BCUT2D eigenvalue weighted by molar-refractivity contribution is -0.141. The van der Waals surface area contributed by atoms with E-state index in [0.29, 0.717) is 11.4 Å². The maximum Gasteiger partial charge on any atom is 0.435 e. The van der Waals surface area contributed by atoms with Gasteiger partial charge in [-0.25, -0.2) is 4.79 Å². The van der Waals surface area contributed by atoms with Crippen molar-refractivity contribution in [3.63, 3.8) is 0 Å². The first-order valence-corrected chi connectivity index (χ1v) is 7.99. The average Bonchev–Trinajstić information content (AvgIpc) is 2.97. The minimum Gasteiger partial charge on any atom is -0.336 e. The second kappa shape index (κ2) is 7.07. The van der Waals surface area contributed by atoms with E-state index in [9.17, 15) is 18.0 Å². The highest BCUT2D eigenvalue weighted by molar-refractivity contribution is 6.01. The van der Waals surface area contributed by atoms with Crippen molar-refractivity contribution >= 4 is 22.5 Å². The van der Waals surface area contributed by atoms with Crippen LogP contribution in [0.5, 0.6) is 0 Å². The van der Waals surface area contributed by atoms with E-state index < -0.39 is 17.9 Å². The van der Waals surface area contributed by atoms with E-state index in [1.807, 2.05) is 36.4 Å². The Labute approximate surface area is 147 Å². The maximum atomic E-state index is 12.6. The Kier molecular flexibility index (Phi) is 4.83. The highest BCUT2D eigenvalue weighted by Gasteiger charge is 2.34. The third-order valence-corrected chi connectivity index (χ3v) is 3.92. The molecule has 1 aromatic heterocycles. The monoisotopic (exact) mass is 362 g/mol. The predicted octanol–water partition coefficient (Wildman–Crippen LogP) is 4.19. The zero-order valence-electron chi connectivity index (χ0n) is 14.0. The number of amides is 2. The Morgan fingerprint density at radius 2 is 1.88 bits per heavy atom. The number of aryl methyl sites for hydroxylation is 1. The summed E-state index contributed by atoms with van der Waals surface area (Å²) in [5.41, 5.74) is 0.110. The fraction of sp³-hybridized carbons (Fsp3) is 0.222. The summed E-state index contributed by atoms with van der Waals surface area (Å²) in [6, 6.07) is 13.8. The van der Waals surface area contributed by atoms with Gasteiger partial charge in [-0.1, -0.05) is 36.4 Å². The summed E-state index contributed by atoms with van der Waals surface area (Å²) in [5, 5.41) is 10.8. The first-order chi connectivity index (χ1) is 12.3. The summed E-state index contributed by atoms with van der Waals surface area (Å²) < 4.78 is 39.2. The molecule has 0 aliphatic carbocycles. The van der Waals surface area contributed by atoms with Crippen LogP contribution in [0.1, 0.15) is 11.4 Å². The van der Waals surface area contributed by atoms with Crippen molar-refractivity contribution in [3.05, 3.63) is 59.9 Å². The fourth-order valence-electron chi connectivity index (χ4n) is 2.65. The number of halogens is 3. The van der Waals surface area contributed by atoms with Crippen LogP contribution in [0.3, 0.4) is 0 Å². The number of rotatable bonds is 4. The van der Waals surface area contributed by atoms with Crippen LogP contribution >= 0.6 is 0 Å². The normalized spacial score (nSPS) is 11.5. The second-order valence-electron chi connectivity index (χ2n) is 5.80. The third kappa shape index (κ3) is 3.96. The van der Waals surface area contributed by atoms with Crippen LogP contribution in [0.4, 0.5) is 23.7 Å². The number of urea groups is 1. The SMILES string of the molecule is Cc1cc(C(F)(F)F)nn1CCNC(=O)Nc1cccc2ccccc12. The Bertz CT molecular complexity index is 928. The lowest BCUT2D eigenvalue weighted by Crippen LogP contribution is -2.32. The second-order valence-corrected chi connectivity index (χ2v) is 5.80. The maximum absolute atomic E-state index is 12.6. The summed E-state index contributed by atoms with van der Waals surface area (Å²) in [6.45, 7) is 1.83. The molecule has 0 spiro atoms. The van der Waals surface area contributed by atoms with Crippen molar-refractivity contribution in [2.75, 3.05) is 11.9 Å². The topological polar surface area (TPSA) is 59.0 Å². The van der Waals surface area contributed by atoms with Gasteiger partial charge in [0, 0.05) is 17.6 Å². The van der Waals surface area contributed by atoms with Crippen molar-refractivity contribution in [1.82, 2.24) is 15.1 Å². The molecular formula is C18H17F3N4O. The molecule has 5 nitrogen and oxygen atoms in total. The predicted molar refractivity (Wildman–Crippen MR) is 92.9 cm³/mol. The van der Waals surface area contributed by atoms with E-state index in [0.717, 1.165) is 16.8 Å². The lowest BCUT2D eigenvalue weighted by atomic mass is 10.1. The molecule has 1 heterocycles. The van der Waals surface area contributed by atoms with Gasteiger partial charge < -0.3 is 10.6 Å². The molecule has 0 aliphatic rings. The van der Waals surface area contributed by atoms with Gasteiger partial charge in [-0.15, -0.1) is 0 Å². The molecule has 8 heteroatoms. The highest BCUT2D eigenvalue weighted by atomic mass is 19.4. The van der Waals surface area contributed by atoms with Gasteiger partial charge in [0.1, 0.15) is 0 Å². The molecule has 0 unspecified atom stereocenters. The van der Waals surface area contributed by atoms with Gasteiger partial charge in [0.05, 0.1) is 12.2 Å². The number of nitrogens with zero attached hydrogens (tertiary/aromatic N) is 2. The van der Waals surface area contributed by atoms with Gasteiger partial charge in [-0.3, -0.25) is 4.68 Å². The molecule has 2 aromatic carbocycles. The number of alkyl halides is 3. The van der Waals surface area contributed by atoms with Gasteiger partial charge >= 0.3 is 12.2 Å². The third-order valence-electron chi connectivity index (χ3n) is 3.92. The highest BCUT2D eigenvalue weighted by Crippen LogP contribution is 2.28. The largest absolute Gasteiger partial charge is 0.435 e. The zero-order chi connectivity index (χ0) is 18.7. The van der Waals surface area contributed by atoms with E-state index >= 15 is 0 Å². The molecule has 2 amide bonds. The number of nitrogens with one attached hydrogen (secondary N) is 2. The Hall–Kier alpha value is -3.03. The smallest absolute Gasteiger partial charge is 0.336 e. The first-order valence-electron chi connectivity index (χ1n) is 7.99. The number of anilines is 1. The van der Waals surface area contributed by atoms with E-state index in [2.05, 4.69) is 15.7 Å². The zero-order valence-corrected chi connectivity index (χ0v) is 14.0. The minimum absolute atomic E-state index is 0.144. The summed E-state index contributed by atoms with van der Waals surface area (Å²) in [7, 11) is 0. The molecule has 0 radical (unpaired) electrons. The van der Waals surface area contributed by atoms with Crippen LogP contribution in [0.2, 0.25) is 0 Å². The molecule has 3 rings (SSSR count). The van der Waals surface area contributed by atoms with Gasteiger partial charge in [0.2, 0.25) is 0 Å². The van der Waals surface area contributed by atoms with E-state index in [-0.39, 0.29) is 13.1 Å². The van der Waals surface area contributed by atoms with Crippen LogP contribution in [0.15, 0.2) is 48.5 Å². The van der Waals surface area contributed by atoms with Gasteiger partial charge in [-0.05, 0) is 24.4 Å². The van der Waals surface area contributed by atoms with Crippen LogP contribution < -0.4 is 10.6 Å². The van der Waals surface area contributed by atoms with Gasteiger partial charge in [-0.2, -0.15) is 18.3 Å². The summed E-state index contributed by atoms with van der Waals surface area (Å²) >= 11 is 0. The summed E-state index contributed by atoms with van der Waals surface area (Å²) in [6.07, 6.45) is -4.48. The molecule has 136 valence electrons. The molecule has 0 aliphatic heterocycles. The van der Waals surface area contributed by atoms with Crippen molar-refractivity contribution in [1.29, 1.82) is 0 Å². The average molecular weight is 362 g/mol. The Morgan fingerprint density at radius 1 is 1.15 bits per heavy atom. The van der Waals surface area contributed by atoms with Crippen molar-refractivity contribution < 1.29 is 18.0 Å². The molecular weight excluding hydrogens is 345 g/mol. The van der Waals surface area contributed by atoms with Crippen molar-refractivity contribution in [2.45, 2.75) is 19.6 Å². The van der Waals surface area contributed by atoms with E-state index in [4.69, 9.17) is 0 Å². The van der Waals surface area contributed by atoms with E-state index in [1.54, 1.807) is 13.0 Å². The number of fused-ring (bicyclic) bond motifs is 1. The number of hydrogen-bond acceptors (Lipinski definition) is 2. The lowest BCUT2D eigenvalue weighted by Gasteiger charge is -2.10. The van der Waals surface area contributed by atoms with Crippen LogP contribution in [-0.2, 0) is 12.7 Å². The molecule has 26 heavy (non-hydrogen) atoms. The number of carbonyl (C=O) groups excluding carboxylic acids is 1. The first kappa shape index (κ1) is 17.8. The molecule has 0 saturated carbocycles. The number of carbonyl (C=O) groups is 1. The Balaban J connectivity index is 1.59. The Morgan fingerprint density at radius 3 is 2.62 bits per heavy atom. The standard InChI is InChI=1S/C18H17F3N4O/c1-12-11-16(18(19,20)21)24-25(12)10-9-22-17(26)23-15-8-4-6-13-5-2-3-7-14(13)15/h2-8,11H,9-10H2,1H3,(H2,22,23,26). The van der Waals surface area contributed by atoms with Crippen LogP contribution in [0, 0.1) is 6.92 Å². The quantitative estimate of drug-likeness (QED) is 0.731. The molecule has 2 N–H and O–H groups in total. The van der Waals surface area contributed by atoms with Gasteiger partial charge in [0.15, 0.2) is 5.69 Å². The van der Waals surface area contributed by atoms with Crippen molar-refractivity contribution in [3.8, 4) is 0 Å². The molecule has 0 fully saturated rings. The van der Waals surface area contributed by atoms with Crippen LogP contribution in [0.25, 0.3) is 10.8 Å². The van der Waals surface area contributed by atoms with E-state index in [1.165, 1.54) is 4.68 Å². The molecule has 0 bridgehead atoms. The van der Waals surface area contributed by atoms with Crippen LogP contribution in [-0.4, -0.2) is 22.4 Å². The fourth-order valence-corrected chi connectivity index (χ4v) is 2.65.